The van der Waals surface area contributed by atoms with Crippen LogP contribution in [-0.2, 0) is 9.59 Å². The first-order valence-corrected chi connectivity index (χ1v) is 13.0. The predicted octanol–water partition coefficient (Wildman–Crippen LogP) is 6.73. The highest BCUT2D eigenvalue weighted by molar-refractivity contribution is 7.80. The molecule has 194 valence electrons. The Bertz CT molecular complexity index is 1500. The Morgan fingerprint density at radius 3 is 1.87 bits per heavy atom. The van der Waals surface area contributed by atoms with Crippen molar-refractivity contribution in [2.24, 2.45) is 0 Å². The zero-order valence-corrected chi connectivity index (χ0v) is 22.5. The van der Waals surface area contributed by atoms with E-state index >= 15 is 0 Å². The van der Waals surface area contributed by atoms with Crippen molar-refractivity contribution in [3.05, 3.63) is 120 Å². The number of methoxy groups -OCH3 is 1. The minimum absolute atomic E-state index is 0.0170. The number of likely N-dealkylation sites (N-methyl/N-ethyl adjacent to an activating group) is 1. The SMILES string of the molecule is CCN1C(=O)/C(=C/c2ccc(N(c3ccccc3)c3ccccc3)cc2OC)C(=O)N(c2ccccc2)C1=S. The summed E-state index contributed by atoms with van der Waals surface area (Å²) in [6.07, 6.45) is 1.59. The summed E-state index contributed by atoms with van der Waals surface area (Å²) >= 11 is 5.54. The van der Waals surface area contributed by atoms with E-state index in [1.165, 1.54) is 9.80 Å². The summed E-state index contributed by atoms with van der Waals surface area (Å²) in [5.74, 6) is -0.372. The number of thiocarbonyl (C=S) groups is 1. The molecule has 4 aromatic carbocycles. The fourth-order valence-electron chi connectivity index (χ4n) is 4.57. The molecule has 0 N–H and O–H groups in total. The summed E-state index contributed by atoms with van der Waals surface area (Å²) in [5, 5.41) is 0.166. The van der Waals surface area contributed by atoms with Gasteiger partial charge < -0.3 is 9.64 Å². The lowest BCUT2D eigenvalue weighted by atomic mass is 10.0. The highest BCUT2D eigenvalue weighted by Gasteiger charge is 2.39. The highest BCUT2D eigenvalue weighted by atomic mass is 32.1. The van der Waals surface area contributed by atoms with Gasteiger partial charge in [0.2, 0.25) is 0 Å². The second kappa shape index (κ2) is 11.3. The summed E-state index contributed by atoms with van der Waals surface area (Å²) in [5.41, 5.74) is 4.07. The average molecular weight is 534 g/mol. The van der Waals surface area contributed by atoms with Crippen LogP contribution < -0.4 is 14.5 Å². The van der Waals surface area contributed by atoms with Crippen molar-refractivity contribution in [2.75, 3.05) is 23.5 Å². The molecule has 1 saturated heterocycles. The van der Waals surface area contributed by atoms with Gasteiger partial charge in [-0.1, -0.05) is 54.6 Å². The molecule has 0 radical (unpaired) electrons. The number of hydrogen-bond acceptors (Lipinski definition) is 5. The van der Waals surface area contributed by atoms with Crippen molar-refractivity contribution in [2.45, 2.75) is 6.92 Å². The third kappa shape index (κ3) is 5.04. The number of ether oxygens (including phenoxy) is 1. The molecule has 0 saturated carbocycles. The van der Waals surface area contributed by atoms with Gasteiger partial charge in [-0.2, -0.15) is 0 Å². The average Bonchev–Trinajstić information content (AvgIpc) is 2.98. The molecule has 1 heterocycles. The highest BCUT2D eigenvalue weighted by Crippen LogP contribution is 2.38. The number of carbonyl (C=O) groups is 2. The third-order valence-corrected chi connectivity index (χ3v) is 6.87. The zero-order valence-electron chi connectivity index (χ0n) is 21.7. The van der Waals surface area contributed by atoms with Gasteiger partial charge in [-0.3, -0.25) is 19.4 Å². The summed E-state index contributed by atoms with van der Waals surface area (Å²) in [7, 11) is 1.57. The van der Waals surface area contributed by atoms with E-state index in [2.05, 4.69) is 4.90 Å². The normalized spacial score (nSPS) is 14.6. The van der Waals surface area contributed by atoms with E-state index in [9.17, 15) is 9.59 Å². The molecule has 39 heavy (non-hydrogen) atoms. The van der Waals surface area contributed by atoms with Crippen molar-refractivity contribution >= 4 is 58.0 Å². The summed E-state index contributed by atoms with van der Waals surface area (Å²) in [4.78, 5) is 32.0. The van der Waals surface area contributed by atoms with E-state index in [0.29, 0.717) is 23.5 Å². The summed E-state index contributed by atoms with van der Waals surface area (Å²) in [6.45, 7) is 2.17. The molecular formula is C32H27N3O3S. The number of hydrogen-bond donors (Lipinski definition) is 0. The van der Waals surface area contributed by atoms with Gasteiger partial charge in [0, 0.05) is 35.2 Å². The standard InChI is InChI=1S/C32H27N3O3S/c1-3-33-30(36)28(31(37)35(32(33)39)26-17-11-6-12-18-26)21-23-19-20-27(22-29(23)38-2)34(24-13-7-4-8-14-24)25-15-9-5-10-16-25/h4-22H,3H2,1-2H3/b28-21-. The molecule has 1 aliphatic heterocycles. The molecule has 5 rings (SSSR count). The number of rotatable bonds is 7. The minimum Gasteiger partial charge on any atom is -0.496 e. The van der Waals surface area contributed by atoms with Crippen LogP contribution >= 0.6 is 12.2 Å². The van der Waals surface area contributed by atoms with Crippen LogP contribution in [0.25, 0.3) is 6.08 Å². The van der Waals surface area contributed by atoms with Gasteiger partial charge in [-0.15, -0.1) is 0 Å². The maximum absolute atomic E-state index is 13.6. The van der Waals surface area contributed by atoms with Crippen LogP contribution in [0.15, 0.2) is 115 Å². The summed E-state index contributed by atoms with van der Waals surface area (Å²) in [6, 6.07) is 34.9. The lowest BCUT2D eigenvalue weighted by Crippen LogP contribution is -2.56. The van der Waals surface area contributed by atoms with Crippen LogP contribution in [0.2, 0.25) is 0 Å². The topological polar surface area (TPSA) is 53.1 Å². The molecule has 1 aliphatic rings. The van der Waals surface area contributed by atoms with Crippen molar-refractivity contribution in [3.8, 4) is 5.75 Å². The van der Waals surface area contributed by atoms with Gasteiger partial charge in [0.15, 0.2) is 5.11 Å². The molecule has 1 fully saturated rings. The van der Waals surface area contributed by atoms with Crippen molar-refractivity contribution < 1.29 is 14.3 Å². The maximum atomic E-state index is 13.6. The van der Waals surface area contributed by atoms with Gasteiger partial charge in [-0.25, -0.2) is 0 Å². The molecule has 6 nitrogen and oxygen atoms in total. The largest absolute Gasteiger partial charge is 0.496 e. The van der Waals surface area contributed by atoms with Crippen LogP contribution in [0.5, 0.6) is 5.75 Å². The first-order valence-electron chi connectivity index (χ1n) is 12.6. The minimum atomic E-state index is -0.470. The molecule has 0 aromatic heterocycles. The quantitative estimate of drug-likeness (QED) is 0.150. The molecular weight excluding hydrogens is 506 g/mol. The first-order chi connectivity index (χ1) is 19.0. The van der Waals surface area contributed by atoms with Gasteiger partial charge in [0.25, 0.3) is 11.8 Å². The van der Waals surface area contributed by atoms with E-state index < -0.39 is 11.8 Å². The van der Waals surface area contributed by atoms with Crippen molar-refractivity contribution in [1.82, 2.24) is 4.90 Å². The number of nitrogens with zero attached hydrogens (tertiary/aromatic N) is 3. The Labute approximate surface area is 233 Å². The van der Waals surface area contributed by atoms with Crippen LogP contribution in [0.1, 0.15) is 12.5 Å². The summed E-state index contributed by atoms with van der Waals surface area (Å²) < 4.78 is 5.76. The molecule has 4 aromatic rings. The van der Waals surface area contributed by atoms with Crippen LogP contribution in [0.4, 0.5) is 22.7 Å². The molecule has 0 aliphatic carbocycles. The number of anilines is 4. The smallest absolute Gasteiger partial charge is 0.270 e. The third-order valence-electron chi connectivity index (χ3n) is 6.47. The molecule has 0 spiro atoms. The molecule has 0 unspecified atom stereocenters. The predicted molar refractivity (Wildman–Crippen MR) is 160 cm³/mol. The Morgan fingerprint density at radius 2 is 1.33 bits per heavy atom. The van der Waals surface area contributed by atoms with E-state index in [1.54, 1.807) is 25.3 Å². The first kappa shape index (κ1) is 25.9. The van der Waals surface area contributed by atoms with Gasteiger partial charge in [-0.05, 0) is 73.7 Å². The second-order valence-electron chi connectivity index (χ2n) is 8.80. The van der Waals surface area contributed by atoms with Crippen LogP contribution in [-0.4, -0.2) is 35.5 Å². The van der Waals surface area contributed by atoms with Gasteiger partial charge in [0.1, 0.15) is 11.3 Å². The molecule has 0 bridgehead atoms. The Hall–Kier alpha value is -4.75. The fraction of sp³-hybridized carbons (Fsp3) is 0.0938. The lowest BCUT2D eigenvalue weighted by molar-refractivity contribution is -0.127. The van der Waals surface area contributed by atoms with E-state index in [1.807, 2.05) is 104 Å². The Kier molecular flexibility index (Phi) is 7.52. The Balaban J connectivity index is 1.59. The number of para-hydroxylation sites is 3. The lowest BCUT2D eigenvalue weighted by Gasteiger charge is -2.36. The zero-order chi connectivity index (χ0) is 27.4. The molecule has 2 amide bonds. The fourth-order valence-corrected chi connectivity index (χ4v) is 4.97. The van der Waals surface area contributed by atoms with Gasteiger partial charge >= 0.3 is 0 Å². The Morgan fingerprint density at radius 1 is 0.769 bits per heavy atom. The maximum Gasteiger partial charge on any atom is 0.270 e. The number of carbonyl (C=O) groups excluding carboxylic acids is 2. The molecule has 0 atom stereocenters. The van der Waals surface area contributed by atoms with Crippen LogP contribution in [0.3, 0.4) is 0 Å². The molecule has 7 heteroatoms. The number of amides is 2. The van der Waals surface area contributed by atoms with E-state index in [-0.39, 0.29) is 10.7 Å². The van der Waals surface area contributed by atoms with E-state index in [4.69, 9.17) is 17.0 Å². The van der Waals surface area contributed by atoms with Crippen molar-refractivity contribution in [1.29, 1.82) is 0 Å². The van der Waals surface area contributed by atoms with Crippen molar-refractivity contribution in [3.63, 3.8) is 0 Å². The monoisotopic (exact) mass is 533 g/mol. The van der Waals surface area contributed by atoms with Gasteiger partial charge in [0.05, 0.1) is 12.8 Å². The second-order valence-corrected chi connectivity index (χ2v) is 9.16. The van der Waals surface area contributed by atoms with E-state index in [0.717, 1.165) is 17.1 Å². The van der Waals surface area contributed by atoms with Crippen LogP contribution in [0, 0.1) is 0 Å². The number of benzene rings is 4.